The fourth-order valence-corrected chi connectivity index (χ4v) is 5.64. The summed E-state index contributed by atoms with van der Waals surface area (Å²) in [6.45, 7) is 3.38. The fraction of sp³-hybridized carbons (Fsp3) is 1.00. The Morgan fingerprint density at radius 2 is 2.00 bits per heavy atom. The van der Waals surface area contributed by atoms with Gasteiger partial charge in [-0.2, -0.15) is 0 Å². The minimum Gasteiger partial charge on any atom is -0.314 e. The van der Waals surface area contributed by atoms with Gasteiger partial charge < -0.3 is 5.32 Å². The van der Waals surface area contributed by atoms with Gasteiger partial charge in [0.1, 0.15) is 0 Å². The maximum absolute atomic E-state index is 11.6. The van der Waals surface area contributed by atoms with Crippen LogP contribution in [0.3, 0.4) is 0 Å². The molecule has 3 aliphatic heterocycles. The van der Waals surface area contributed by atoms with Gasteiger partial charge in [-0.3, -0.25) is 4.90 Å². The Balaban J connectivity index is 1.60. The van der Waals surface area contributed by atoms with Crippen LogP contribution in [-0.2, 0) is 9.84 Å². The van der Waals surface area contributed by atoms with Crippen LogP contribution < -0.4 is 5.32 Å². The van der Waals surface area contributed by atoms with E-state index < -0.39 is 9.84 Å². The van der Waals surface area contributed by atoms with Gasteiger partial charge in [0.25, 0.3) is 0 Å². The highest BCUT2D eigenvalue weighted by Crippen LogP contribution is 2.28. The summed E-state index contributed by atoms with van der Waals surface area (Å²) in [5.41, 5.74) is 0. The highest BCUT2D eigenvalue weighted by molar-refractivity contribution is 7.91. The Morgan fingerprint density at radius 3 is 2.67 bits per heavy atom. The Kier molecular flexibility index (Phi) is 3.65. The maximum Gasteiger partial charge on any atom is 0.151 e. The second-order valence-corrected chi connectivity index (χ2v) is 8.39. The van der Waals surface area contributed by atoms with Crippen LogP contribution in [0.2, 0.25) is 0 Å². The first-order chi connectivity index (χ1) is 8.64. The smallest absolute Gasteiger partial charge is 0.151 e. The first kappa shape index (κ1) is 12.9. The number of nitrogens with zero attached hydrogens (tertiary/aromatic N) is 1. The lowest BCUT2D eigenvalue weighted by molar-refractivity contribution is 0.117. The van der Waals surface area contributed by atoms with Crippen LogP contribution in [0.1, 0.15) is 32.1 Å². The van der Waals surface area contributed by atoms with Crippen molar-refractivity contribution in [2.24, 2.45) is 5.92 Å². The molecule has 3 aliphatic rings. The Labute approximate surface area is 110 Å². The summed E-state index contributed by atoms with van der Waals surface area (Å²) in [6, 6.07) is 0.991. The third-order valence-corrected chi connectivity index (χ3v) is 6.63. The largest absolute Gasteiger partial charge is 0.314 e. The standard InChI is InChI=1S/C13H24N2O2S/c16-18(17)8-5-12(10-18)15-7-2-3-11(9-15)13-4-1-6-14-13/h11-14H,1-10H2. The molecule has 0 saturated carbocycles. The van der Waals surface area contributed by atoms with Crippen molar-refractivity contribution in [1.82, 2.24) is 10.2 Å². The van der Waals surface area contributed by atoms with Crippen molar-refractivity contribution in [3.63, 3.8) is 0 Å². The molecule has 3 atom stereocenters. The van der Waals surface area contributed by atoms with Gasteiger partial charge in [0.2, 0.25) is 0 Å². The minimum atomic E-state index is -2.74. The van der Waals surface area contributed by atoms with Crippen molar-refractivity contribution >= 4 is 9.84 Å². The monoisotopic (exact) mass is 272 g/mol. The number of hydrogen-bond donors (Lipinski definition) is 1. The molecule has 18 heavy (non-hydrogen) atoms. The molecule has 1 N–H and O–H groups in total. The van der Waals surface area contributed by atoms with Crippen LogP contribution in [0.4, 0.5) is 0 Å². The summed E-state index contributed by atoms with van der Waals surface area (Å²) in [5, 5.41) is 3.61. The number of nitrogens with one attached hydrogen (secondary N) is 1. The zero-order valence-corrected chi connectivity index (χ0v) is 11.8. The highest BCUT2D eigenvalue weighted by Gasteiger charge is 2.36. The summed E-state index contributed by atoms with van der Waals surface area (Å²) in [5.74, 6) is 1.54. The van der Waals surface area contributed by atoms with Crippen molar-refractivity contribution in [3.8, 4) is 0 Å². The Hall–Kier alpha value is -0.130. The summed E-state index contributed by atoms with van der Waals surface area (Å²) >= 11 is 0. The van der Waals surface area contributed by atoms with Crippen LogP contribution >= 0.6 is 0 Å². The van der Waals surface area contributed by atoms with Crippen LogP contribution in [-0.4, -0.2) is 56.5 Å². The zero-order chi connectivity index (χ0) is 12.6. The van der Waals surface area contributed by atoms with Gasteiger partial charge >= 0.3 is 0 Å². The lowest BCUT2D eigenvalue weighted by atomic mass is 9.89. The van der Waals surface area contributed by atoms with Gasteiger partial charge in [0, 0.05) is 18.6 Å². The molecule has 3 heterocycles. The summed E-state index contributed by atoms with van der Waals surface area (Å²) in [4.78, 5) is 2.46. The highest BCUT2D eigenvalue weighted by atomic mass is 32.2. The van der Waals surface area contributed by atoms with Gasteiger partial charge in [0.05, 0.1) is 11.5 Å². The van der Waals surface area contributed by atoms with E-state index in [0.29, 0.717) is 23.6 Å². The lowest BCUT2D eigenvalue weighted by Crippen LogP contribution is -2.47. The fourth-order valence-electron chi connectivity index (χ4n) is 3.88. The predicted octanol–water partition coefficient (Wildman–Crippen LogP) is 0.638. The van der Waals surface area contributed by atoms with Gasteiger partial charge in [-0.15, -0.1) is 0 Å². The molecule has 0 amide bonds. The van der Waals surface area contributed by atoms with Crippen molar-refractivity contribution in [2.75, 3.05) is 31.1 Å². The minimum absolute atomic E-state index is 0.305. The van der Waals surface area contributed by atoms with E-state index in [1.807, 2.05) is 0 Å². The van der Waals surface area contributed by atoms with E-state index in [0.717, 1.165) is 25.4 Å². The van der Waals surface area contributed by atoms with E-state index in [1.165, 1.54) is 32.2 Å². The van der Waals surface area contributed by atoms with Gasteiger partial charge in [-0.1, -0.05) is 0 Å². The summed E-state index contributed by atoms with van der Waals surface area (Å²) < 4.78 is 23.2. The molecule has 0 aromatic carbocycles. The topological polar surface area (TPSA) is 49.4 Å². The number of piperidine rings is 1. The molecule has 3 unspecified atom stereocenters. The van der Waals surface area contributed by atoms with Crippen molar-refractivity contribution in [1.29, 1.82) is 0 Å². The molecule has 0 spiro atoms. The first-order valence-electron chi connectivity index (χ1n) is 7.32. The quantitative estimate of drug-likeness (QED) is 0.801. The average Bonchev–Trinajstić information content (AvgIpc) is 2.98. The van der Waals surface area contributed by atoms with Gasteiger partial charge in [-0.25, -0.2) is 8.42 Å². The van der Waals surface area contributed by atoms with Crippen LogP contribution in [0.25, 0.3) is 0 Å². The number of hydrogen-bond acceptors (Lipinski definition) is 4. The maximum atomic E-state index is 11.6. The summed E-state index contributed by atoms with van der Waals surface area (Å²) in [7, 11) is -2.74. The molecule has 3 fully saturated rings. The molecule has 4 nitrogen and oxygen atoms in total. The van der Waals surface area contributed by atoms with Gasteiger partial charge in [0.15, 0.2) is 9.84 Å². The molecule has 0 bridgehead atoms. The molecular weight excluding hydrogens is 248 g/mol. The molecule has 0 aromatic heterocycles. The van der Waals surface area contributed by atoms with E-state index >= 15 is 0 Å². The molecular formula is C13H24N2O2S. The zero-order valence-electron chi connectivity index (χ0n) is 11.0. The lowest BCUT2D eigenvalue weighted by Gasteiger charge is -2.38. The normalized spacial score (nSPS) is 41.2. The van der Waals surface area contributed by atoms with E-state index in [2.05, 4.69) is 10.2 Å². The Bertz CT molecular complexity index is 390. The van der Waals surface area contributed by atoms with Gasteiger partial charge in [-0.05, 0) is 51.1 Å². The summed E-state index contributed by atoms with van der Waals surface area (Å²) in [6.07, 6.45) is 6.01. The van der Waals surface area contributed by atoms with Crippen LogP contribution in [0, 0.1) is 5.92 Å². The SMILES string of the molecule is O=S1(=O)CCC(N2CCCC(C3CCCN3)C2)C1. The first-order valence-corrected chi connectivity index (χ1v) is 9.14. The molecule has 0 aromatic rings. The third kappa shape index (κ3) is 2.73. The molecule has 0 aliphatic carbocycles. The predicted molar refractivity (Wildman–Crippen MR) is 72.4 cm³/mol. The molecule has 104 valence electrons. The third-order valence-electron chi connectivity index (χ3n) is 4.88. The second-order valence-electron chi connectivity index (χ2n) is 6.16. The number of sulfone groups is 1. The van der Waals surface area contributed by atoms with E-state index in [9.17, 15) is 8.42 Å². The second kappa shape index (κ2) is 5.10. The van der Waals surface area contributed by atoms with Crippen molar-refractivity contribution in [2.45, 2.75) is 44.2 Å². The molecule has 3 rings (SSSR count). The van der Waals surface area contributed by atoms with Crippen molar-refractivity contribution in [3.05, 3.63) is 0 Å². The molecule has 3 saturated heterocycles. The molecule has 0 radical (unpaired) electrons. The number of likely N-dealkylation sites (tertiary alicyclic amines) is 1. The Morgan fingerprint density at radius 1 is 1.11 bits per heavy atom. The van der Waals surface area contributed by atoms with E-state index in [-0.39, 0.29) is 0 Å². The van der Waals surface area contributed by atoms with E-state index in [4.69, 9.17) is 0 Å². The van der Waals surface area contributed by atoms with E-state index in [1.54, 1.807) is 0 Å². The van der Waals surface area contributed by atoms with Crippen LogP contribution in [0.5, 0.6) is 0 Å². The van der Waals surface area contributed by atoms with Crippen LogP contribution in [0.15, 0.2) is 0 Å². The number of rotatable bonds is 2. The van der Waals surface area contributed by atoms with Crippen molar-refractivity contribution < 1.29 is 8.42 Å². The average molecular weight is 272 g/mol. The molecule has 5 heteroatoms.